The molecule has 3 rings (SSSR count). The van der Waals surface area contributed by atoms with Gasteiger partial charge in [0.05, 0.1) is 23.6 Å². The number of nitrogens with zero attached hydrogens (tertiary/aromatic N) is 3. The fourth-order valence-corrected chi connectivity index (χ4v) is 3.21. The van der Waals surface area contributed by atoms with Crippen LogP contribution in [0.2, 0.25) is 9.36 Å². The van der Waals surface area contributed by atoms with Crippen molar-refractivity contribution in [2.24, 2.45) is 0 Å². The normalized spacial score (nSPS) is 10.7. The Morgan fingerprint density at radius 3 is 2.78 bits per heavy atom. The zero-order valence-electron chi connectivity index (χ0n) is 11.9. The molecule has 0 saturated carbocycles. The first-order chi connectivity index (χ1) is 11.1. The maximum Gasteiger partial charge on any atom is 0.273 e. The van der Waals surface area contributed by atoms with E-state index in [1.165, 1.54) is 11.3 Å². The van der Waals surface area contributed by atoms with E-state index < -0.39 is 0 Å². The van der Waals surface area contributed by atoms with Gasteiger partial charge in [-0.25, -0.2) is 4.68 Å². The van der Waals surface area contributed by atoms with Crippen molar-refractivity contribution >= 4 is 40.4 Å². The Labute approximate surface area is 146 Å². The third-order valence-corrected chi connectivity index (χ3v) is 4.71. The van der Waals surface area contributed by atoms with Gasteiger partial charge in [-0.15, -0.1) is 16.4 Å². The van der Waals surface area contributed by atoms with Crippen LogP contribution in [0.15, 0.2) is 42.6 Å². The molecule has 0 aliphatic rings. The molecule has 8 heteroatoms. The van der Waals surface area contributed by atoms with E-state index in [4.69, 9.17) is 23.2 Å². The first-order valence-electron chi connectivity index (χ1n) is 6.78. The number of rotatable bonds is 5. The average Bonchev–Trinajstić information content (AvgIpc) is 3.16. The molecule has 2 heterocycles. The van der Waals surface area contributed by atoms with Gasteiger partial charge in [0.2, 0.25) is 0 Å². The molecule has 0 atom stereocenters. The molecule has 0 spiro atoms. The summed E-state index contributed by atoms with van der Waals surface area (Å²) in [7, 11) is 0. The van der Waals surface area contributed by atoms with Crippen LogP contribution in [0.5, 0.6) is 0 Å². The molecule has 23 heavy (non-hydrogen) atoms. The fraction of sp³-hybridized carbons (Fsp3) is 0.133. The van der Waals surface area contributed by atoms with Gasteiger partial charge in [0, 0.05) is 9.90 Å². The van der Waals surface area contributed by atoms with Crippen LogP contribution in [0.4, 0.5) is 0 Å². The van der Waals surface area contributed by atoms with Crippen LogP contribution in [0, 0.1) is 0 Å². The van der Waals surface area contributed by atoms with Gasteiger partial charge in [-0.3, -0.25) is 4.79 Å². The predicted molar refractivity (Wildman–Crippen MR) is 91.1 cm³/mol. The molecule has 0 aliphatic carbocycles. The van der Waals surface area contributed by atoms with E-state index in [0.717, 1.165) is 10.4 Å². The third-order valence-electron chi connectivity index (χ3n) is 3.11. The predicted octanol–water partition coefficient (Wildman–Crippen LogP) is 3.62. The Balaban J connectivity index is 1.62. The number of nitrogens with one attached hydrogen (secondary N) is 1. The second-order valence-electron chi connectivity index (χ2n) is 4.78. The lowest BCUT2D eigenvalue weighted by atomic mass is 10.2. The van der Waals surface area contributed by atoms with E-state index in [1.807, 2.05) is 30.3 Å². The standard InChI is InChI=1S/C15H12Cl2N4OS/c16-12-4-2-1-3-10(12)8-21-9-13(19-20-21)15(22)18-7-11-5-6-14(17)23-11/h1-6,9H,7-8H2,(H,18,22). The second-order valence-corrected chi connectivity index (χ2v) is 6.99. The monoisotopic (exact) mass is 366 g/mol. The maximum absolute atomic E-state index is 12.1. The number of thiophene rings is 1. The molecule has 0 aliphatic heterocycles. The smallest absolute Gasteiger partial charge is 0.273 e. The molecule has 2 aromatic heterocycles. The number of hydrogen-bond donors (Lipinski definition) is 1. The highest BCUT2D eigenvalue weighted by Crippen LogP contribution is 2.21. The fourth-order valence-electron chi connectivity index (χ4n) is 1.99. The molecule has 1 amide bonds. The SMILES string of the molecule is O=C(NCc1ccc(Cl)s1)c1cn(Cc2ccccc2Cl)nn1. The summed E-state index contributed by atoms with van der Waals surface area (Å²) in [4.78, 5) is 13.1. The largest absolute Gasteiger partial charge is 0.346 e. The van der Waals surface area contributed by atoms with Crippen LogP contribution in [0.25, 0.3) is 0 Å². The van der Waals surface area contributed by atoms with E-state index in [9.17, 15) is 4.79 Å². The quantitative estimate of drug-likeness (QED) is 0.749. The van der Waals surface area contributed by atoms with Gasteiger partial charge in [0.15, 0.2) is 5.69 Å². The zero-order valence-corrected chi connectivity index (χ0v) is 14.2. The molecule has 5 nitrogen and oxygen atoms in total. The van der Waals surface area contributed by atoms with Crippen LogP contribution in [-0.2, 0) is 13.1 Å². The summed E-state index contributed by atoms with van der Waals surface area (Å²) >= 11 is 13.4. The lowest BCUT2D eigenvalue weighted by Gasteiger charge is -2.02. The molecule has 3 aromatic rings. The van der Waals surface area contributed by atoms with Gasteiger partial charge in [-0.2, -0.15) is 0 Å². The van der Waals surface area contributed by atoms with Crippen molar-refractivity contribution in [3.05, 3.63) is 68.1 Å². The summed E-state index contributed by atoms with van der Waals surface area (Å²) in [6, 6.07) is 11.2. The number of amides is 1. The van der Waals surface area contributed by atoms with Crippen molar-refractivity contribution in [1.82, 2.24) is 20.3 Å². The first-order valence-corrected chi connectivity index (χ1v) is 8.35. The summed E-state index contributed by atoms with van der Waals surface area (Å²) in [5.74, 6) is -0.278. The van der Waals surface area contributed by atoms with Crippen molar-refractivity contribution in [2.45, 2.75) is 13.1 Å². The Kier molecular flexibility index (Phi) is 4.95. The summed E-state index contributed by atoms with van der Waals surface area (Å²) < 4.78 is 2.28. The average molecular weight is 367 g/mol. The Morgan fingerprint density at radius 1 is 1.22 bits per heavy atom. The molecule has 0 unspecified atom stereocenters. The number of carbonyl (C=O) groups is 1. The summed E-state index contributed by atoms with van der Waals surface area (Å²) in [6.45, 7) is 0.869. The van der Waals surface area contributed by atoms with Crippen molar-refractivity contribution in [1.29, 1.82) is 0 Å². The summed E-state index contributed by atoms with van der Waals surface area (Å²) in [5.41, 5.74) is 1.18. The Hall–Kier alpha value is -1.89. The molecule has 1 N–H and O–H groups in total. The molecule has 0 fully saturated rings. The van der Waals surface area contributed by atoms with E-state index in [-0.39, 0.29) is 11.6 Å². The minimum Gasteiger partial charge on any atom is -0.346 e. The topological polar surface area (TPSA) is 59.8 Å². The highest BCUT2D eigenvalue weighted by Gasteiger charge is 2.11. The van der Waals surface area contributed by atoms with Crippen molar-refractivity contribution < 1.29 is 4.79 Å². The van der Waals surface area contributed by atoms with Crippen LogP contribution < -0.4 is 5.32 Å². The van der Waals surface area contributed by atoms with Crippen LogP contribution >= 0.6 is 34.5 Å². The van der Waals surface area contributed by atoms with Crippen molar-refractivity contribution in [3.63, 3.8) is 0 Å². The van der Waals surface area contributed by atoms with Crippen LogP contribution in [0.1, 0.15) is 20.9 Å². The molecule has 0 radical (unpaired) electrons. The van der Waals surface area contributed by atoms with Crippen molar-refractivity contribution in [3.8, 4) is 0 Å². The number of aromatic nitrogens is 3. The lowest BCUT2D eigenvalue weighted by molar-refractivity contribution is 0.0946. The summed E-state index contributed by atoms with van der Waals surface area (Å²) in [6.07, 6.45) is 1.60. The van der Waals surface area contributed by atoms with Gasteiger partial charge in [0.25, 0.3) is 5.91 Å². The van der Waals surface area contributed by atoms with Crippen molar-refractivity contribution in [2.75, 3.05) is 0 Å². The molecule has 0 bridgehead atoms. The molecule has 0 saturated heterocycles. The van der Waals surface area contributed by atoms with Gasteiger partial charge in [-0.1, -0.05) is 46.6 Å². The first kappa shape index (κ1) is 16.0. The number of hydrogen-bond acceptors (Lipinski definition) is 4. The molecular formula is C15H12Cl2N4OS. The number of halogens is 2. The highest BCUT2D eigenvalue weighted by atomic mass is 35.5. The van der Waals surface area contributed by atoms with E-state index >= 15 is 0 Å². The van der Waals surface area contributed by atoms with Gasteiger partial charge < -0.3 is 5.32 Å². The third kappa shape index (κ3) is 4.10. The Morgan fingerprint density at radius 2 is 2.04 bits per heavy atom. The van der Waals surface area contributed by atoms with Gasteiger partial charge in [-0.05, 0) is 23.8 Å². The second kappa shape index (κ2) is 7.12. The van der Waals surface area contributed by atoms with E-state index in [2.05, 4.69) is 15.6 Å². The van der Waals surface area contributed by atoms with Crippen LogP contribution in [-0.4, -0.2) is 20.9 Å². The van der Waals surface area contributed by atoms with Gasteiger partial charge >= 0.3 is 0 Å². The number of carbonyl (C=O) groups excluding carboxylic acids is 1. The maximum atomic E-state index is 12.1. The summed E-state index contributed by atoms with van der Waals surface area (Å²) in [5, 5.41) is 11.3. The van der Waals surface area contributed by atoms with E-state index in [0.29, 0.717) is 22.4 Å². The minimum absolute atomic E-state index is 0.264. The number of benzene rings is 1. The van der Waals surface area contributed by atoms with Gasteiger partial charge in [0.1, 0.15) is 0 Å². The highest BCUT2D eigenvalue weighted by molar-refractivity contribution is 7.16. The van der Waals surface area contributed by atoms with E-state index in [1.54, 1.807) is 16.9 Å². The molecular weight excluding hydrogens is 355 g/mol. The zero-order chi connectivity index (χ0) is 16.2. The molecule has 118 valence electrons. The lowest BCUT2D eigenvalue weighted by Crippen LogP contribution is -2.22. The minimum atomic E-state index is -0.278. The molecule has 1 aromatic carbocycles. The van der Waals surface area contributed by atoms with Crippen LogP contribution in [0.3, 0.4) is 0 Å². The Bertz CT molecular complexity index is 830.